The van der Waals surface area contributed by atoms with Crippen molar-refractivity contribution in [1.29, 1.82) is 0 Å². The first-order valence-electron chi connectivity index (χ1n) is 2.27. The molecule has 56 valence electrons. The van der Waals surface area contributed by atoms with Crippen molar-refractivity contribution in [2.24, 2.45) is 0 Å². The van der Waals surface area contributed by atoms with Crippen molar-refractivity contribution in [3.05, 3.63) is 23.6 Å². The molecule has 0 spiro atoms. The quantitative estimate of drug-likeness (QED) is 0.473. The van der Waals surface area contributed by atoms with Gasteiger partial charge in [-0.3, -0.25) is 0 Å². The fourth-order valence-electron chi connectivity index (χ4n) is 0.520. The molecule has 0 radical (unpaired) electrons. The van der Waals surface area contributed by atoms with Gasteiger partial charge in [0.15, 0.2) is 11.7 Å². The molecule has 0 fully saturated rings. The van der Waals surface area contributed by atoms with Gasteiger partial charge in [-0.2, -0.15) is 8.78 Å². The van der Waals surface area contributed by atoms with Crippen LogP contribution in [0.15, 0.2) is 23.6 Å². The van der Waals surface area contributed by atoms with Crippen LogP contribution in [0.2, 0.25) is 0 Å². The van der Waals surface area contributed by atoms with Gasteiger partial charge in [0.2, 0.25) is 5.83 Å². The highest BCUT2D eigenvalue weighted by atomic mass is 19.3. The predicted octanol–water partition coefficient (Wildman–Crippen LogP) is 2.64. The van der Waals surface area contributed by atoms with Crippen molar-refractivity contribution in [2.45, 2.75) is 5.92 Å². The van der Waals surface area contributed by atoms with E-state index in [1.165, 1.54) is 0 Å². The lowest BCUT2D eigenvalue weighted by Crippen LogP contribution is -2.14. The number of halogens is 5. The van der Waals surface area contributed by atoms with Crippen molar-refractivity contribution in [3.8, 4) is 0 Å². The number of allylic oxidation sites excluding steroid dienone is 4. The van der Waals surface area contributed by atoms with Gasteiger partial charge in [-0.05, 0) is 0 Å². The molecule has 0 saturated heterocycles. The summed E-state index contributed by atoms with van der Waals surface area (Å²) in [4.78, 5) is 0. The van der Waals surface area contributed by atoms with E-state index in [1.54, 1.807) is 0 Å². The first-order chi connectivity index (χ1) is 4.46. The van der Waals surface area contributed by atoms with Gasteiger partial charge in [-0.15, -0.1) is 0 Å². The summed E-state index contributed by atoms with van der Waals surface area (Å²) in [5.74, 6) is -10.7. The van der Waals surface area contributed by atoms with Crippen molar-refractivity contribution in [1.82, 2.24) is 0 Å². The zero-order valence-corrected chi connectivity index (χ0v) is 4.47. The smallest absolute Gasteiger partial charge is 0.205 e. The molecule has 5 heteroatoms. The minimum Gasteiger partial charge on any atom is -0.205 e. The van der Waals surface area contributed by atoms with E-state index in [0.717, 1.165) is 0 Å². The highest BCUT2D eigenvalue weighted by Crippen LogP contribution is 2.42. The van der Waals surface area contributed by atoms with Crippen LogP contribution in [0.4, 0.5) is 22.0 Å². The van der Waals surface area contributed by atoms with Crippen LogP contribution in [0.1, 0.15) is 0 Å². The second-order valence-corrected chi connectivity index (χ2v) is 1.73. The second kappa shape index (κ2) is 1.81. The van der Waals surface area contributed by atoms with Crippen LogP contribution in [0, 0.1) is 0 Å². The zero-order chi connectivity index (χ0) is 7.94. The van der Waals surface area contributed by atoms with Gasteiger partial charge < -0.3 is 0 Å². The lowest BCUT2D eigenvalue weighted by Gasteiger charge is -2.04. The summed E-state index contributed by atoms with van der Waals surface area (Å²) in [6.45, 7) is 0. The number of alkyl halides is 2. The molecule has 1 aliphatic carbocycles. The molecule has 1 rings (SSSR count). The van der Waals surface area contributed by atoms with Crippen LogP contribution in [0.5, 0.6) is 0 Å². The molecular weight excluding hydrogens is 155 g/mol. The fraction of sp³-hybridized carbons (Fsp3) is 0.200. The van der Waals surface area contributed by atoms with Crippen LogP contribution in [-0.2, 0) is 0 Å². The summed E-state index contributed by atoms with van der Waals surface area (Å²) in [6, 6.07) is 0. The second-order valence-electron chi connectivity index (χ2n) is 1.73. The molecule has 0 unspecified atom stereocenters. The predicted molar refractivity (Wildman–Crippen MR) is 23.4 cm³/mol. The zero-order valence-electron chi connectivity index (χ0n) is 4.47. The van der Waals surface area contributed by atoms with Crippen LogP contribution in [0.25, 0.3) is 0 Å². The van der Waals surface area contributed by atoms with Gasteiger partial charge in [0.1, 0.15) is 0 Å². The Bertz CT molecular complexity index is 224. The standard InChI is InChI=1S/C5HF5/c6-2-1-3(7)5(9,10)4(2)8/h1H. The highest BCUT2D eigenvalue weighted by Gasteiger charge is 2.47. The van der Waals surface area contributed by atoms with Gasteiger partial charge >= 0.3 is 5.92 Å². The molecule has 0 aliphatic heterocycles. The third kappa shape index (κ3) is 0.732. The molecule has 0 atom stereocenters. The molecule has 10 heavy (non-hydrogen) atoms. The molecular formula is C5HF5. The molecule has 0 nitrogen and oxygen atoms in total. The summed E-state index contributed by atoms with van der Waals surface area (Å²) in [5.41, 5.74) is 0. The molecule has 0 amide bonds. The lowest BCUT2D eigenvalue weighted by atomic mass is 10.3. The number of hydrogen-bond acceptors (Lipinski definition) is 0. The van der Waals surface area contributed by atoms with Gasteiger partial charge in [-0.25, -0.2) is 13.2 Å². The largest absolute Gasteiger partial charge is 0.352 e. The molecule has 0 aromatic heterocycles. The average molecular weight is 156 g/mol. The third-order valence-corrected chi connectivity index (χ3v) is 1.04. The summed E-state index contributed by atoms with van der Waals surface area (Å²) >= 11 is 0. The molecule has 0 heterocycles. The monoisotopic (exact) mass is 156 g/mol. The van der Waals surface area contributed by atoms with Crippen molar-refractivity contribution >= 4 is 0 Å². The summed E-state index contributed by atoms with van der Waals surface area (Å²) in [5, 5.41) is 0. The summed E-state index contributed by atoms with van der Waals surface area (Å²) in [6.07, 6.45) is -0.171. The SMILES string of the molecule is FC1=CC(F)=C(F)C1(F)F. The maximum Gasteiger partial charge on any atom is 0.352 e. The first kappa shape index (κ1) is 7.24. The van der Waals surface area contributed by atoms with E-state index in [0.29, 0.717) is 0 Å². The molecule has 0 aromatic rings. The van der Waals surface area contributed by atoms with E-state index in [1.807, 2.05) is 0 Å². The highest BCUT2D eigenvalue weighted by molar-refractivity contribution is 5.37. The third-order valence-electron chi connectivity index (χ3n) is 1.04. The van der Waals surface area contributed by atoms with E-state index in [-0.39, 0.29) is 6.08 Å². The Kier molecular flexibility index (Phi) is 1.31. The van der Waals surface area contributed by atoms with Crippen LogP contribution < -0.4 is 0 Å². The molecule has 0 bridgehead atoms. The Labute approximate surface area is 52.6 Å². The summed E-state index contributed by atoms with van der Waals surface area (Å²) < 4.78 is 59.1. The van der Waals surface area contributed by atoms with E-state index >= 15 is 0 Å². The van der Waals surface area contributed by atoms with Crippen LogP contribution in [-0.4, -0.2) is 5.92 Å². The number of rotatable bonds is 0. The lowest BCUT2D eigenvalue weighted by molar-refractivity contribution is 0.0374. The Morgan fingerprint density at radius 1 is 1.10 bits per heavy atom. The average Bonchev–Trinajstić information content (AvgIpc) is 1.97. The van der Waals surface area contributed by atoms with E-state index in [4.69, 9.17) is 0 Å². The van der Waals surface area contributed by atoms with Crippen molar-refractivity contribution < 1.29 is 22.0 Å². The maximum atomic E-state index is 11.9. The van der Waals surface area contributed by atoms with Gasteiger partial charge in [0, 0.05) is 6.08 Å². The minimum absolute atomic E-state index is 0.171. The van der Waals surface area contributed by atoms with Crippen LogP contribution in [0.3, 0.4) is 0 Å². The molecule has 0 N–H and O–H groups in total. The van der Waals surface area contributed by atoms with Crippen molar-refractivity contribution in [2.75, 3.05) is 0 Å². The van der Waals surface area contributed by atoms with Gasteiger partial charge in [0.25, 0.3) is 0 Å². The van der Waals surface area contributed by atoms with E-state index in [2.05, 4.69) is 0 Å². The Hall–Kier alpha value is -0.870. The topological polar surface area (TPSA) is 0 Å². The molecule has 0 aromatic carbocycles. The Morgan fingerprint density at radius 3 is 1.70 bits per heavy atom. The van der Waals surface area contributed by atoms with E-state index < -0.39 is 23.4 Å². The normalized spacial score (nSPS) is 23.5. The first-order valence-corrected chi connectivity index (χ1v) is 2.27. The molecule has 1 aliphatic rings. The fourth-order valence-corrected chi connectivity index (χ4v) is 0.520. The van der Waals surface area contributed by atoms with Crippen molar-refractivity contribution in [3.63, 3.8) is 0 Å². The maximum absolute atomic E-state index is 11.9. The van der Waals surface area contributed by atoms with E-state index in [9.17, 15) is 22.0 Å². The van der Waals surface area contributed by atoms with Gasteiger partial charge in [0.05, 0.1) is 0 Å². The Balaban J connectivity index is 3.11. The molecule has 0 saturated carbocycles. The minimum atomic E-state index is -4.38. The number of hydrogen-bond donors (Lipinski definition) is 0. The van der Waals surface area contributed by atoms with Crippen LogP contribution >= 0.6 is 0 Å². The Morgan fingerprint density at radius 2 is 1.60 bits per heavy atom. The van der Waals surface area contributed by atoms with Gasteiger partial charge in [-0.1, -0.05) is 0 Å². The summed E-state index contributed by atoms with van der Waals surface area (Å²) in [7, 11) is 0.